The summed E-state index contributed by atoms with van der Waals surface area (Å²) in [6.45, 7) is 2.74. The SMILES string of the molecule is CCCCOc1ccc(C(=O)Nc2nnc(-c3cccc(F)c3)o2)cc1. The number of carbonyl (C=O) groups excluding carboxylic acids is 1. The van der Waals surface area contributed by atoms with Crippen LogP contribution in [-0.2, 0) is 0 Å². The number of nitrogens with zero attached hydrogens (tertiary/aromatic N) is 2. The van der Waals surface area contributed by atoms with E-state index in [-0.39, 0.29) is 17.8 Å². The minimum absolute atomic E-state index is 0.0578. The molecule has 1 heterocycles. The normalized spacial score (nSPS) is 10.5. The third kappa shape index (κ3) is 4.44. The third-order valence-corrected chi connectivity index (χ3v) is 3.60. The lowest BCUT2D eigenvalue weighted by atomic mass is 10.2. The Bertz CT molecular complexity index is 878. The highest BCUT2D eigenvalue weighted by molar-refractivity contribution is 6.03. The van der Waals surface area contributed by atoms with Crippen molar-refractivity contribution in [2.24, 2.45) is 0 Å². The number of anilines is 1. The molecule has 26 heavy (non-hydrogen) atoms. The number of halogens is 1. The Balaban J connectivity index is 1.63. The summed E-state index contributed by atoms with van der Waals surface area (Å²) in [5, 5.41) is 10.1. The Kier molecular flexibility index (Phi) is 5.58. The van der Waals surface area contributed by atoms with Crippen LogP contribution in [0.25, 0.3) is 11.5 Å². The molecule has 0 aliphatic carbocycles. The van der Waals surface area contributed by atoms with Crippen molar-refractivity contribution in [1.82, 2.24) is 10.2 Å². The molecule has 3 rings (SSSR count). The first-order chi connectivity index (χ1) is 12.7. The van der Waals surface area contributed by atoms with Gasteiger partial charge in [0.2, 0.25) is 5.89 Å². The van der Waals surface area contributed by atoms with E-state index >= 15 is 0 Å². The fourth-order valence-corrected chi connectivity index (χ4v) is 2.22. The van der Waals surface area contributed by atoms with E-state index in [2.05, 4.69) is 22.4 Å². The molecule has 3 aromatic rings. The molecule has 0 atom stereocenters. The van der Waals surface area contributed by atoms with Crippen molar-refractivity contribution in [3.63, 3.8) is 0 Å². The van der Waals surface area contributed by atoms with Gasteiger partial charge in [0.25, 0.3) is 5.91 Å². The van der Waals surface area contributed by atoms with Gasteiger partial charge < -0.3 is 9.15 Å². The Morgan fingerprint density at radius 2 is 2.00 bits per heavy atom. The van der Waals surface area contributed by atoms with E-state index in [0.717, 1.165) is 12.8 Å². The van der Waals surface area contributed by atoms with Crippen molar-refractivity contribution in [3.05, 3.63) is 59.9 Å². The second-order valence-electron chi connectivity index (χ2n) is 5.60. The van der Waals surface area contributed by atoms with Crippen LogP contribution in [0.3, 0.4) is 0 Å². The molecule has 1 N–H and O–H groups in total. The average molecular weight is 355 g/mol. The highest BCUT2D eigenvalue weighted by Gasteiger charge is 2.13. The smallest absolute Gasteiger partial charge is 0.322 e. The zero-order valence-corrected chi connectivity index (χ0v) is 14.2. The molecule has 2 aromatic carbocycles. The van der Waals surface area contributed by atoms with Crippen molar-refractivity contribution in [2.75, 3.05) is 11.9 Å². The number of aromatic nitrogens is 2. The molecule has 0 saturated heterocycles. The molecule has 134 valence electrons. The van der Waals surface area contributed by atoms with E-state index in [1.807, 2.05) is 0 Å². The quantitative estimate of drug-likeness (QED) is 0.639. The molecule has 0 aliphatic rings. The Morgan fingerprint density at radius 1 is 1.19 bits per heavy atom. The topological polar surface area (TPSA) is 77.2 Å². The van der Waals surface area contributed by atoms with Gasteiger partial charge in [-0.2, -0.15) is 0 Å². The molecule has 0 aliphatic heterocycles. The van der Waals surface area contributed by atoms with Crippen LogP contribution in [0.2, 0.25) is 0 Å². The number of nitrogens with one attached hydrogen (secondary N) is 1. The van der Waals surface area contributed by atoms with Crippen LogP contribution >= 0.6 is 0 Å². The Labute approximate surface area is 150 Å². The summed E-state index contributed by atoms with van der Waals surface area (Å²) in [5.74, 6) is 0.0349. The third-order valence-electron chi connectivity index (χ3n) is 3.60. The van der Waals surface area contributed by atoms with Crippen LogP contribution in [0, 0.1) is 5.82 Å². The average Bonchev–Trinajstić information content (AvgIpc) is 3.11. The zero-order chi connectivity index (χ0) is 18.4. The number of rotatable bonds is 7. The van der Waals surface area contributed by atoms with Crippen molar-refractivity contribution < 1.29 is 18.3 Å². The summed E-state index contributed by atoms with van der Waals surface area (Å²) < 4.78 is 24.2. The molecule has 7 heteroatoms. The van der Waals surface area contributed by atoms with Gasteiger partial charge in [-0.05, 0) is 48.9 Å². The molecule has 0 unspecified atom stereocenters. The largest absolute Gasteiger partial charge is 0.494 e. The van der Waals surface area contributed by atoms with Crippen LogP contribution in [0.1, 0.15) is 30.1 Å². The van der Waals surface area contributed by atoms with E-state index < -0.39 is 5.82 Å². The maximum Gasteiger partial charge on any atom is 0.322 e. The molecule has 6 nitrogen and oxygen atoms in total. The van der Waals surface area contributed by atoms with Crippen molar-refractivity contribution in [1.29, 1.82) is 0 Å². The van der Waals surface area contributed by atoms with Gasteiger partial charge >= 0.3 is 6.01 Å². The summed E-state index contributed by atoms with van der Waals surface area (Å²) in [6, 6.07) is 12.5. The van der Waals surface area contributed by atoms with Gasteiger partial charge in [-0.1, -0.05) is 24.5 Å². The van der Waals surface area contributed by atoms with Gasteiger partial charge in [0.1, 0.15) is 11.6 Å². The molecule has 0 saturated carbocycles. The van der Waals surface area contributed by atoms with Crippen molar-refractivity contribution >= 4 is 11.9 Å². The van der Waals surface area contributed by atoms with Gasteiger partial charge in [-0.15, -0.1) is 5.10 Å². The van der Waals surface area contributed by atoms with E-state index in [0.29, 0.717) is 23.5 Å². The summed E-state index contributed by atoms with van der Waals surface area (Å²) in [5.41, 5.74) is 0.866. The summed E-state index contributed by atoms with van der Waals surface area (Å²) in [6.07, 6.45) is 2.04. The molecule has 0 radical (unpaired) electrons. The first-order valence-electron chi connectivity index (χ1n) is 8.29. The van der Waals surface area contributed by atoms with E-state index in [1.165, 1.54) is 18.2 Å². The van der Waals surface area contributed by atoms with Gasteiger partial charge in [-0.3, -0.25) is 10.1 Å². The van der Waals surface area contributed by atoms with Crippen LogP contribution in [-0.4, -0.2) is 22.7 Å². The van der Waals surface area contributed by atoms with Gasteiger partial charge in [0, 0.05) is 11.1 Å². The van der Waals surface area contributed by atoms with Crippen LogP contribution in [0.4, 0.5) is 10.4 Å². The first kappa shape index (κ1) is 17.6. The van der Waals surface area contributed by atoms with Gasteiger partial charge in [-0.25, -0.2) is 4.39 Å². The lowest BCUT2D eigenvalue weighted by molar-refractivity contribution is 0.102. The van der Waals surface area contributed by atoms with E-state index in [1.54, 1.807) is 30.3 Å². The number of unbranched alkanes of at least 4 members (excludes halogenated alkanes) is 1. The predicted octanol–water partition coefficient (Wildman–Crippen LogP) is 4.31. The predicted molar refractivity (Wildman–Crippen MR) is 94.5 cm³/mol. The number of hydrogen-bond acceptors (Lipinski definition) is 5. The molecule has 1 aromatic heterocycles. The van der Waals surface area contributed by atoms with Gasteiger partial charge in [0.05, 0.1) is 6.61 Å². The first-order valence-corrected chi connectivity index (χ1v) is 8.29. The lowest BCUT2D eigenvalue weighted by Gasteiger charge is -2.06. The maximum absolute atomic E-state index is 13.3. The molecule has 0 bridgehead atoms. The second-order valence-corrected chi connectivity index (χ2v) is 5.60. The van der Waals surface area contributed by atoms with Crippen molar-refractivity contribution in [2.45, 2.75) is 19.8 Å². The minimum atomic E-state index is -0.410. The summed E-state index contributed by atoms with van der Waals surface area (Å²) in [4.78, 5) is 12.2. The summed E-state index contributed by atoms with van der Waals surface area (Å²) in [7, 11) is 0. The standard InChI is InChI=1S/C19H18FN3O3/c1-2-3-11-25-16-9-7-13(8-10-16)17(24)21-19-23-22-18(26-19)14-5-4-6-15(20)12-14/h4-10,12H,2-3,11H2,1H3,(H,21,23,24). The maximum atomic E-state index is 13.3. The van der Waals surface area contributed by atoms with Crippen LogP contribution in [0.15, 0.2) is 52.9 Å². The monoisotopic (exact) mass is 355 g/mol. The number of ether oxygens (including phenoxy) is 1. The lowest BCUT2D eigenvalue weighted by Crippen LogP contribution is -2.12. The second kappa shape index (κ2) is 8.24. The van der Waals surface area contributed by atoms with E-state index in [4.69, 9.17) is 9.15 Å². The number of benzene rings is 2. The zero-order valence-electron chi connectivity index (χ0n) is 14.2. The van der Waals surface area contributed by atoms with Crippen LogP contribution < -0.4 is 10.1 Å². The highest BCUT2D eigenvalue weighted by atomic mass is 19.1. The summed E-state index contributed by atoms with van der Waals surface area (Å²) >= 11 is 0. The van der Waals surface area contributed by atoms with Gasteiger partial charge in [0.15, 0.2) is 0 Å². The molecular weight excluding hydrogens is 337 g/mol. The van der Waals surface area contributed by atoms with Crippen LogP contribution in [0.5, 0.6) is 5.75 Å². The number of amides is 1. The molecule has 0 spiro atoms. The van der Waals surface area contributed by atoms with Crippen molar-refractivity contribution in [3.8, 4) is 17.2 Å². The fourth-order valence-electron chi connectivity index (χ4n) is 2.22. The Hall–Kier alpha value is -3.22. The van der Waals surface area contributed by atoms with E-state index in [9.17, 15) is 9.18 Å². The number of carbonyl (C=O) groups is 1. The molecule has 0 fully saturated rings. The fraction of sp³-hybridized carbons (Fsp3) is 0.211. The minimum Gasteiger partial charge on any atom is -0.494 e. The molecular formula is C19H18FN3O3. The molecule has 1 amide bonds. The Morgan fingerprint density at radius 3 is 2.73 bits per heavy atom. The number of hydrogen-bond donors (Lipinski definition) is 1. The highest BCUT2D eigenvalue weighted by Crippen LogP contribution is 2.21.